The minimum absolute atomic E-state index is 0.165. The molecule has 1 heterocycles. The lowest BCUT2D eigenvalue weighted by molar-refractivity contribution is -0.0172. The van der Waals surface area contributed by atoms with E-state index in [1.54, 1.807) is 19.2 Å². The van der Waals surface area contributed by atoms with Crippen molar-refractivity contribution in [3.8, 4) is 0 Å². The van der Waals surface area contributed by atoms with Gasteiger partial charge in [-0.2, -0.15) is 0 Å². The Kier molecular flexibility index (Phi) is 4.32. The van der Waals surface area contributed by atoms with Gasteiger partial charge < -0.3 is 14.8 Å². The van der Waals surface area contributed by atoms with Gasteiger partial charge in [0.2, 0.25) is 0 Å². The summed E-state index contributed by atoms with van der Waals surface area (Å²) in [4.78, 5) is 0. The first-order chi connectivity index (χ1) is 8.65. The van der Waals surface area contributed by atoms with Gasteiger partial charge in [0.05, 0.1) is 6.61 Å². The van der Waals surface area contributed by atoms with Crippen molar-refractivity contribution < 1.29 is 13.9 Å². The van der Waals surface area contributed by atoms with E-state index in [0.29, 0.717) is 6.61 Å². The van der Waals surface area contributed by atoms with Gasteiger partial charge >= 0.3 is 0 Å². The van der Waals surface area contributed by atoms with Crippen molar-refractivity contribution in [2.45, 2.75) is 25.0 Å². The van der Waals surface area contributed by atoms with Crippen LogP contribution in [0.25, 0.3) is 0 Å². The Bertz CT molecular complexity index is 374. The topological polar surface area (TPSA) is 30.5 Å². The summed E-state index contributed by atoms with van der Waals surface area (Å²) < 4.78 is 23.8. The van der Waals surface area contributed by atoms with Crippen LogP contribution in [0.15, 0.2) is 24.3 Å². The predicted octanol–water partition coefficient (Wildman–Crippen LogP) is 2.28. The minimum Gasteiger partial charge on any atom is -0.378 e. The molecule has 0 saturated carbocycles. The molecule has 1 aromatic rings. The molecular formula is C14H20FNO2. The zero-order valence-electron chi connectivity index (χ0n) is 10.9. The molecule has 0 aromatic heterocycles. The Balaban J connectivity index is 1.91. The maximum absolute atomic E-state index is 12.8. The fourth-order valence-electron chi connectivity index (χ4n) is 2.17. The van der Waals surface area contributed by atoms with Gasteiger partial charge in [0.1, 0.15) is 11.4 Å². The smallest absolute Gasteiger partial charge is 0.123 e. The van der Waals surface area contributed by atoms with Gasteiger partial charge in [0, 0.05) is 32.7 Å². The standard InChI is InChI=1S/C14H20FNO2/c1-11(12-3-5-13(15)6-4-12)16-9-14(17-2)7-8-18-10-14/h3-6,11,16H,7-10H2,1-2H3. The monoisotopic (exact) mass is 253 g/mol. The van der Waals surface area contributed by atoms with E-state index >= 15 is 0 Å². The van der Waals surface area contributed by atoms with Gasteiger partial charge in [-0.15, -0.1) is 0 Å². The summed E-state index contributed by atoms with van der Waals surface area (Å²) in [5.41, 5.74) is 0.857. The summed E-state index contributed by atoms with van der Waals surface area (Å²) in [5, 5.41) is 3.42. The van der Waals surface area contributed by atoms with E-state index in [-0.39, 0.29) is 17.5 Å². The van der Waals surface area contributed by atoms with E-state index in [1.807, 2.05) is 0 Å². The number of rotatable bonds is 5. The average Bonchev–Trinajstić information content (AvgIpc) is 2.86. The molecule has 1 aliphatic heterocycles. The number of methoxy groups -OCH3 is 1. The van der Waals surface area contributed by atoms with Gasteiger partial charge in [-0.1, -0.05) is 12.1 Å². The molecule has 2 rings (SSSR count). The highest BCUT2D eigenvalue weighted by molar-refractivity contribution is 5.19. The summed E-state index contributed by atoms with van der Waals surface area (Å²) >= 11 is 0. The molecule has 0 amide bonds. The Hall–Kier alpha value is -0.970. The molecule has 2 atom stereocenters. The average molecular weight is 253 g/mol. The molecule has 1 saturated heterocycles. The normalized spacial score (nSPS) is 25.3. The second-order valence-electron chi connectivity index (χ2n) is 4.84. The van der Waals surface area contributed by atoms with Crippen LogP contribution in [0.3, 0.4) is 0 Å². The molecule has 0 aliphatic carbocycles. The molecule has 100 valence electrons. The van der Waals surface area contributed by atoms with Crippen LogP contribution in [0.4, 0.5) is 4.39 Å². The zero-order chi connectivity index (χ0) is 13.0. The summed E-state index contributed by atoms with van der Waals surface area (Å²) in [6.07, 6.45) is 0.909. The van der Waals surface area contributed by atoms with Crippen molar-refractivity contribution in [3.05, 3.63) is 35.6 Å². The third kappa shape index (κ3) is 3.07. The molecule has 2 unspecified atom stereocenters. The molecule has 1 fully saturated rings. The van der Waals surface area contributed by atoms with Crippen molar-refractivity contribution in [3.63, 3.8) is 0 Å². The van der Waals surface area contributed by atoms with Crippen LogP contribution in [0.2, 0.25) is 0 Å². The highest BCUT2D eigenvalue weighted by Crippen LogP contribution is 2.23. The highest BCUT2D eigenvalue weighted by atomic mass is 19.1. The second kappa shape index (κ2) is 5.78. The Morgan fingerprint density at radius 3 is 2.72 bits per heavy atom. The van der Waals surface area contributed by atoms with E-state index in [1.165, 1.54) is 12.1 Å². The number of hydrogen-bond donors (Lipinski definition) is 1. The highest BCUT2D eigenvalue weighted by Gasteiger charge is 2.34. The first-order valence-electron chi connectivity index (χ1n) is 6.27. The molecule has 1 aliphatic rings. The summed E-state index contributed by atoms with van der Waals surface area (Å²) in [5.74, 6) is -0.205. The van der Waals surface area contributed by atoms with Crippen LogP contribution < -0.4 is 5.32 Å². The fourth-order valence-corrected chi connectivity index (χ4v) is 2.17. The SMILES string of the molecule is COC1(CNC(C)c2ccc(F)cc2)CCOC1. The van der Waals surface area contributed by atoms with Crippen molar-refractivity contribution in [2.24, 2.45) is 0 Å². The first-order valence-corrected chi connectivity index (χ1v) is 6.27. The third-order valence-electron chi connectivity index (χ3n) is 3.60. The molecule has 0 bridgehead atoms. The molecule has 1 aromatic carbocycles. The van der Waals surface area contributed by atoms with E-state index in [2.05, 4.69) is 12.2 Å². The van der Waals surface area contributed by atoms with Gasteiger partial charge in [-0.3, -0.25) is 0 Å². The van der Waals surface area contributed by atoms with Crippen LogP contribution in [-0.2, 0) is 9.47 Å². The summed E-state index contributed by atoms with van der Waals surface area (Å²) in [7, 11) is 1.72. The van der Waals surface area contributed by atoms with Crippen LogP contribution >= 0.6 is 0 Å². The number of nitrogens with one attached hydrogen (secondary N) is 1. The van der Waals surface area contributed by atoms with Crippen molar-refractivity contribution in [1.29, 1.82) is 0 Å². The molecule has 0 radical (unpaired) electrons. The van der Waals surface area contributed by atoms with E-state index in [9.17, 15) is 4.39 Å². The molecule has 0 spiro atoms. The van der Waals surface area contributed by atoms with Crippen LogP contribution in [0.5, 0.6) is 0 Å². The van der Waals surface area contributed by atoms with Crippen LogP contribution in [-0.4, -0.2) is 32.5 Å². The lowest BCUT2D eigenvalue weighted by Gasteiger charge is -2.28. The molecule has 18 heavy (non-hydrogen) atoms. The van der Waals surface area contributed by atoms with E-state index in [0.717, 1.165) is 25.1 Å². The van der Waals surface area contributed by atoms with Gasteiger partial charge in [-0.25, -0.2) is 4.39 Å². The van der Waals surface area contributed by atoms with Crippen molar-refractivity contribution in [2.75, 3.05) is 26.9 Å². The van der Waals surface area contributed by atoms with Crippen molar-refractivity contribution in [1.82, 2.24) is 5.32 Å². The molecule has 4 heteroatoms. The lowest BCUT2D eigenvalue weighted by Crippen LogP contribution is -2.43. The largest absolute Gasteiger partial charge is 0.378 e. The number of ether oxygens (including phenoxy) is 2. The summed E-state index contributed by atoms with van der Waals surface area (Å²) in [6.45, 7) is 4.18. The summed E-state index contributed by atoms with van der Waals surface area (Å²) in [6, 6.07) is 6.74. The van der Waals surface area contributed by atoms with E-state index < -0.39 is 0 Å². The molecule has 1 N–H and O–H groups in total. The molecule has 3 nitrogen and oxygen atoms in total. The number of halogens is 1. The van der Waals surface area contributed by atoms with Crippen LogP contribution in [0, 0.1) is 5.82 Å². The Labute approximate surface area is 107 Å². The van der Waals surface area contributed by atoms with Gasteiger partial charge in [0.25, 0.3) is 0 Å². The molecular weight excluding hydrogens is 233 g/mol. The maximum atomic E-state index is 12.8. The van der Waals surface area contributed by atoms with E-state index in [4.69, 9.17) is 9.47 Å². The Morgan fingerprint density at radius 2 is 2.17 bits per heavy atom. The van der Waals surface area contributed by atoms with Gasteiger partial charge in [0.15, 0.2) is 0 Å². The fraction of sp³-hybridized carbons (Fsp3) is 0.571. The predicted molar refractivity (Wildman–Crippen MR) is 68.0 cm³/mol. The number of hydrogen-bond acceptors (Lipinski definition) is 3. The Morgan fingerprint density at radius 1 is 1.44 bits per heavy atom. The third-order valence-corrected chi connectivity index (χ3v) is 3.60. The zero-order valence-corrected chi connectivity index (χ0v) is 10.9. The van der Waals surface area contributed by atoms with Crippen LogP contribution in [0.1, 0.15) is 24.9 Å². The number of benzene rings is 1. The minimum atomic E-state index is -0.214. The first kappa shape index (κ1) is 13.5. The van der Waals surface area contributed by atoms with Gasteiger partial charge in [-0.05, 0) is 24.6 Å². The maximum Gasteiger partial charge on any atom is 0.123 e. The van der Waals surface area contributed by atoms with Crippen molar-refractivity contribution >= 4 is 0 Å². The lowest BCUT2D eigenvalue weighted by atomic mass is 10.0. The second-order valence-corrected chi connectivity index (χ2v) is 4.84. The quantitative estimate of drug-likeness (QED) is 0.873.